The first-order chi connectivity index (χ1) is 13.8. The zero-order valence-corrected chi connectivity index (χ0v) is 17.4. The molecule has 1 unspecified atom stereocenters. The monoisotopic (exact) mass is 406 g/mol. The van der Waals surface area contributed by atoms with Crippen LogP contribution < -0.4 is 14.8 Å². The first-order valence-electron chi connectivity index (χ1n) is 10.0. The molecule has 8 heteroatoms. The predicted octanol–water partition coefficient (Wildman–Crippen LogP) is 2.70. The highest BCUT2D eigenvalue weighted by atomic mass is 16.7. The largest absolute Gasteiger partial charge is 0.454 e. The quantitative estimate of drug-likeness (QED) is 0.697. The van der Waals surface area contributed by atoms with Crippen molar-refractivity contribution in [2.45, 2.75) is 45.8 Å². The van der Waals surface area contributed by atoms with E-state index in [0.29, 0.717) is 45.7 Å². The smallest absolute Gasteiger partial charge is 0.417 e. The van der Waals surface area contributed by atoms with Crippen LogP contribution in [0.4, 0.5) is 4.79 Å². The summed E-state index contributed by atoms with van der Waals surface area (Å²) in [5, 5.41) is 3.33. The van der Waals surface area contributed by atoms with Gasteiger partial charge in [0.25, 0.3) is 0 Å². The van der Waals surface area contributed by atoms with E-state index in [2.05, 4.69) is 5.32 Å². The van der Waals surface area contributed by atoms with Crippen molar-refractivity contribution >= 4 is 12.0 Å². The Kier molecular flexibility index (Phi) is 6.97. The van der Waals surface area contributed by atoms with Crippen molar-refractivity contribution in [3.63, 3.8) is 0 Å². The van der Waals surface area contributed by atoms with Crippen LogP contribution in [0.3, 0.4) is 0 Å². The molecule has 0 saturated carbocycles. The Morgan fingerprint density at radius 3 is 2.76 bits per heavy atom. The van der Waals surface area contributed by atoms with E-state index in [0.717, 1.165) is 17.1 Å². The van der Waals surface area contributed by atoms with Crippen LogP contribution in [0.25, 0.3) is 0 Å². The second-order valence-corrected chi connectivity index (χ2v) is 8.25. The molecule has 3 rings (SSSR count). The SMILES string of the molecule is CC(C)(C)OC(=O)N(CCCNCc1ccc2c(c1)OCO2)C(=O)C1CCOC1. The van der Waals surface area contributed by atoms with Gasteiger partial charge in [0, 0.05) is 19.7 Å². The van der Waals surface area contributed by atoms with Gasteiger partial charge in [-0.15, -0.1) is 0 Å². The number of carbonyl (C=O) groups is 2. The van der Waals surface area contributed by atoms with Crippen LogP contribution in [0.15, 0.2) is 18.2 Å². The number of rotatable bonds is 7. The molecule has 1 atom stereocenters. The number of nitrogens with zero attached hydrogens (tertiary/aromatic N) is 1. The molecule has 1 N–H and O–H groups in total. The van der Waals surface area contributed by atoms with Crippen molar-refractivity contribution in [3.8, 4) is 11.5 Å². The zero-order chi connectivity index (χ0) is 20.9. The maximum absolute atomic E-state index is 12.8. The van der Waals surface area contributed by atoms with E-state index in [1.807, 2.05) is 18.2 Å². The number of nitrogens with one attached hydrogen (secondary N) is 1. The van der Waals surface area contributed by atoms with Gasteiger partial charge in [-0.3, -0.25) is 4.79 Å². The maximum Gasteiger partial charge on any atom is 0.417 e. The molecule has 0 aliphatic carbocycles. The second-order valence-electron chi connectivity index (χ2n) is 8.25. The van der Waals surface area contributed by atoms with Crippen LogP contribution in [-0.2, 0) is 20.8 Å². The number of hydrogen-bond acceptors (Lipinski definition) is 7. The van der Waals surface area contributed by atoms with Gasteiger partial charge in [0.2, 0.25) is 12.7 Å². The normalized spacial score (nSPS) is 18.0. The highest BCUT2D eigenvalue weighted by Crippen LogP contribution is 2.32. The number of ether oxygens (including phenoxy) is 4. The van der Waals surface area contributed by atoms with Gasteiger partial charge in [0.15, 0.2) is 11.5 Å². The predicted molar refractivity (Wildman–Crippen MR) is 106 cm³/mol. The molecule has 1 saturated heterocycles. The van der Waals surface area contributed by atoms with E-state index < -0.39 is 11.7 Å². The van der Waals surface area contributed by atoms with Crippen LogP contribution in [0, 0.1) is 5.92 Å². The Bertz CT molecular complexity index is 724. The lowest BCUT2D eigenvalue weighted by atomic mass is 10.1. The summed E-state index contributed by atoms with van der Waals surface area (Å²) < 4.78 is 21.4. The summed E-state index contributed by atoms with van der Waals surface area (Å²) in [5.41, 5.74) is 0.428. The lowest BCUT2D eigenvalue weighted by Crippen LogP contribution is -2.45. The van der Waals surface area contributed by atoms with Gasteiger partial charge in [0.1, 0.15) is 5.60 Å². The maximum atomic E-state index is 12.8. The number of benzene rings is 1. The fraction of sp³-hybridized carbons (Fsp3) is 0.619. The standard InChI is InChI=1S/C21H30N2O6/c1-21(2,3)29-20(25)23(19(24)16-7-10-26-13-16)9-4-8-22-12-15-5-6-17-18(11-15)28-14-27-17/h5-6,11,16,22H,4,7-10,12-14H2,1-3H3. The molecule has 160 valence electrons. The molecule has 2 aliphatic rings. The van der Waals surface area contributed by atoms with E-state index in [9.17, 15) is 9.59 Å². The van der Waals surface area contributed by atoms with Crippen LogP contribution in [0.5, 0.6) is 11.5 Å². The fourth-order valence-electron chi connectivity index (χ4n) is 3.20. The summed E-state index contributed by atoms with van der Waals surface area (Å²) in [6, 6.07) is 5.83. The van der Waals surface area contributed by atoms with Crippen molar-refractivity contribution < 1.29 is 28.5 Å². The third kappa shape index (κ3) is 6.08. The van der Waals surface area contributed by atoms with Gasteiger partial charge in [-0.2, -0.15) is 0 Å². The Morgan fingerprint density at radius 2 is 2.03 bits per heavy atom. The lowest BCUT2D eigenvalue weighted by Gasteiger charge is -2.27. The third-order valence-corrected chi connectivity index (χ3v) is 4.66. The van der Waals surface area contributed by atoms with E-state index >= 15 is 0 Å². The summed E-state index contributed by atoms with van der Waals surface area (Å²) in [6.07, 6.45) is 0.675. The molecule has 8 nitrogen and oxygen atoms in total. The molecule has 2 aliphatic heterocycles. The molecule has 0 bridgehead atoms. The van der Waals surface area contributed by atoms with Gasteiger partial charge in [-0.05, 0) is 57.9 Å². The van der Waals surface area contributed by atoms with Crippen molar-refractivity contribution in [1.29, 1.82) is 0 Å². The number of amides is 2. The first-order valence-corrected chi connectivity index (χ1v) is 10.0. The van der Waals surface area contributed by atoms with Gasteiger partial charge in [0.05, 0.1) is 12.5 Å². The first kappa shape index (κ1) is 21.4. The molecule has 1 aromatic carbocycles. The Labute approximate surface area is 171 Å². The van der Waals surface area contributed by atoms with Crippen LogP contribution >= 0.6 is 0 Å². The fourth-order valence-corrected chi connectivity index (χ4v) is 3.20. The van der Waals surface area contributed by atoms with Gasteiger partial charge in [-0.1, -0.05) is 6.07 Å². The number of fused-ring (bicyclic) bond motifs is 1. The molecule has 0 radical (unpaired) electrons. The minimum absolute atomic E-state index is 0.215. The lowest BCUT2D eigenvalue weighted by molar-refractivity contribution is -0.134. The van der Waals surface area contributed by atoms with Crippen LogP contribution in [0.1, 0.15) is 39.2 Å². The van der Waals surface area contributed by atoms with E-state index in [4.69, 9.17) is 18.9 Å². The highest BCUT2D eigenvalue weighted by Gasteiger charge is 2.33. The average Bonchev–Trinajstić information content (AvgIpc) is 3.33. The summed E-state index contributed by atoms with van der Waals surface area (Å²) in [6.45, 7) is 8.16. The highest BCUT2D eigenvalue weighted by molar-refractivity contribution is 5.93. The van der Waals surface area contributed by atoms with Gasteiger partial charge in [-0.25, -0.2) is 9.69 Å². The minimum Gasteiger partial charge on any atom is -0.454 e. The number of imide groups is 1. The molecule has 1 fully saturated rings. The summed E-state index contributed by atoms with van der Waals surface area (Å²) in [5.74, 6) is 1.03. The summed E-state index contributed by atoms with van der Waals surface area (Å²) >= 11 is 0. The summed E-state index contributed by atoms with van der Waals surface area (Å²) in [4.78, 5) is 26.5. The Morgan fingerprint density at radius 1 is 1.24 bits per heavy atom. The molecular weight excluding hydrogens is 376 g/mol. The third-order valence-electron chi connectivity index (χ3n) is 4.66. The van der Waals surface area contributed by atoms with Gasteiger partial charge < -0.3 is 24.3 Å². The van der Waals surface area contributed by atoms with Crippen molar-refractivity contribution in [3.05, 3.63) is 23.8 Å². The van der Waals surface area contributed by atoms with E-state index in [-0.39, 0.29) is 18.6 Å². The number of carbonyl (C=O) groups excluding carboxylic acids is 2. The molecule has 2 amide bonds. The molecule has 2 heterocycles. The van der Waals surface area contributed by atoms with Crippen molar-refractivity contribution in [1.82, 2.24) is 10.2 Å². The van der Waals surface area contributed by atoms with Crippen molar-refractivity contribution in [2.24, 2.45) is 5.92 Å². The molecule has 29 heavy (non-hydrogen) atoms. The van der Waals surface area contributed by atoms with Gasteiger partial charge >= 0.3 is 6.09 Å². The average molecular weight is 406 g/mol. The Balaban J connectivity index is 1.48. The molecule has 1 aromatic rings. The van der Waals surface area contributed by atoms with E-state index in [1.165, 1.54) is 4.90 Å². The van der Waals surface area contributed by atoms with Crippen LogP contribution in [-0.4, -0.2) is 55.6 Å². The van der Waals surface area contributed by atoms with E-state index in [1.54, 1.807) is 20.8 Å². The topological polar surface area (TPSA) is 86.3 Å². The molecular formula is C21H30N2O6. The second kappa shape index (κ2) is 9.45. The Hall–Kier alpha value is -2.32. The summed E-state index contributed by atoms with van der Waals surface area (Å²) in [7, 11) is 0. The molecule has 0 aromatic heterocycles. The molecule has 0 spiro atoms. The van der Waals surface area contributed by atoms with Crippen molar-refractivity contribution in [2.75, 3.05) is 33.1 Å². The number of hydrogen-bond donors (Lipinski definition) is 1. The van der Waals surface area contributed by atoms with Crippen LogP contribution in [0.2, 0.25) is 0 Å². The minimum atomic E-state index is -0.653. The zero-order valence-electron chi connectivity index (χ0n) is 17.4.